The number of hydrogen-bond donors (Lipinski definition) is 2. The van der Waals surface area contributed by atoms with E-state index in [4.69, 9.17) is 12.2 Å². The average Bonchev–Trinajstić information content (AvgIpc) is 3.40. The predicted octanol–water partition coefficient (Wildman–Crippen LogP) is 6.25. The van der Waals surface area contributed by atoms with E-state index in [-0.39, 0.29) is 30.2 Å². The van der Waals surface area contributed by atoms with Crippen molar-refractivity contribution < 1.29 is 9.18 Å². The van der Waals surface area contributed by atoms with Crippen LogP contribution in [0.5, 0.6) is 0 Å². The maximum atomic E-state index is 13.3. The van der Waals surface area contributed by atoms with Crippen molar-refractivity contribution in [2.45, 2.75) is 46.2 Å². The lowest BCUT2D eigenvalue weighted by atomic mass is 9.96. The van der Waals surface area contributed by atoms with Crippen molar-refractivity contribution in [3.63, 3.8) is 0 Å². The van der Waals surface area contributed by atoms with Gasteiger partial charge >= 0.3 is 0 Å². The maximum absolute atomic E-state index is 13.3. The largest absolute Gasteiger partial charge is 0.352 e. The number of nitrogens with zero attached hydrogens (tertiary/aromatic N) is 3. The standard InChI is InChI=1S/C31H32FN5OS/c1-19-8-7-10-27(21(19)3)37-20(2)18-25(22(37)4)30-29(26-9-5-6-16-33-26)35-31(39)36(30)17-15-28(38)34-24-13-11-23(32)12-14-24/h5-14,16,18,29-30H,15,17H2,1-4H3,(H,34,38)(H,35,39)/t29-,30+/m0/s1. The van der Waals surface area contributed by atoms with Crippen LogP contribution in [0.15, 0.2) is 72.9 Å². The fraction of sp³-hybridized carbons (Fsp3) is 0.258. The van der Waals surface area contributed by atoms with Crippen LogP contribution in [0, 0.1) is 33.5 Å². The number of hydrogen-bond acceptors (Lipinski definition) is 3. The lowest BCUT2D eigenvalue weighted by Crippen LogP contribution is -2.32. The first kappa shape index (κ1) is 26.6. The van der Waals surface area contributed by atoms with Gasteiger partial charge in [0.25, 0.3) is 0 Å². The van der Waals surface area contributed by atoms with E-state index in [1.54, 1.807) is 18.3 Å². The Labute approximate surface area is 233 Å². The zero-order valence-electron chi connectivity index (χ0n) is 22.5. The van der Waals surface area contributed by atoms with Gasteiger partial charge in [-0.3, -0.25) is 9.78 Å². The van der Waals surface area contributed by atoms with Crippen molar-refractivity contribution in [3.8, 4) is 5.69 Å². The number of benzene rings is 2. The van der Waals surface area contributed by atoms with Crippen LogP contribution in [0.3, 0.4) is 0 Å². The van der Waals surface area contributed by atoms with Crippen molar-refractivity contribution >= 4 is 28.9 Å². The highest BCUT2D eigenvalue weighted by Crippen LogP contribution is 2.41. The SMILES string of the molecule is Cc1cccc(-n2c(C)cc([C@@H]3[C@H](c4ccccn4)NC(=S)N3CCC(=O)Nc3ccc(F)cc3)c2C)c1C. The van der Waals surface area contributed by atoms with E-state index in [9.17, 15) is 9.18 Å². The van der Waals surface area contributed by atoms with Gasteiger partial charge in [0.1, 0.15) is 5.82 Å². The first-order valence-electron chi connectivity index (χ1n) is 13.0. The van der Waals surface area contributed by atoms with Gasteiger partial charge in [-0.25, -0.2) is 4.39 Å². The number of amides is 1. The average molecular weight is 542 g/mol. The van der Waals surface area contributed by atoms with E-state index in [0.717, 1.165) is 28.3 Å². The Hall–Kier alpha value is -4.04. The van der Waals surface area contributed by atoms with Gasteiger partial charge in [0.15, 0.2) is 5.11 Å². The first-order chi connectivity index (χ1) is 18.7. The molecule has 1 amide bonds. The highest BCUT2D eigenvalue weighted by molar-refractivity contribution is 7.80. The van der Waals surface area contributed by atoms with Crippen LogP contribution in [-0.4, -0.2) is 32.0 Å². The number of aromatic nitrogens is 2. The number of pyridine rings is 1. The van der Waals surface area contributed by atoms with Crippen molar-refractivity contribution in [1.29, 1.82) is 0 Å². The Kier molecular flexibility index (Phi) is 7.48. The summed E-state index contributed by atoms with van der Waals surface area (Å²) in [5.74, 6) is -0.506. The molecule has 1 fully saturated rings. The van der Waals surface area contributed by atoms with Crippen LogP contribution in [0.1, 0.15) is 52.3 Å². The second kappa shape index (κ2) is 11.0. The van der Waals surface area contributed by atoms with Crippen molar-refractivity contribution in [2.75, 3.05) is 11.9 Å². The molecule has 1 saturated heterocycles. The molecule has 0 saturated carbocycles. The molecule has 2 aromatic heterocycles. The summed E-state index contributed by atoms with van der Waals surface area (Å²) in [6.07, 6.45) is 2.01. The Morgan fingerprint density at radius 3 is 2.54 bits per heavy atom. The van der Waals surface area contributed by atoms with Crippen molar-refractivity contribution in [1.82, 2.24) is 19.8 Å². The molecular formula is C31H32FN5OS. The van der Waals surface area contributed by atoms with Crippen LogP contribution in [0.4, 0.5) is 10.1 Å². The van der Waals surface area contributed by atoms with E-state index in [1.165, 1.54) is 23.3 Å². The smallest absolute Gasteiger partial charge is 0.226 e. The van der Waals surface area contributed by atoms with E-state index in [2.05, 4.69) is 77.0 Å². The van der Waals surface area contributed by atoms with E-state index < -0.39 is 0 Å². The minimum Gasteiger partial charge on any atom is -0.352 e. The zero-order chi connectivity index (χ0) is 27.7. The number of carbonyl (C=O) groups excluding carboxylic acids is 1. The third-order valence-electron chi connectivity index (χ3n) is 7.51. The summed E-state index contributed by atoms with van der Waals surface area (Å²) in [5.41, 5.74) is 8.47. The zero-order valence-corrected chi connectivity index (χ0v) is 23.3. The maximum Gasteiger partial charge on any atom is 0.226 e. The molecule has 6 nitrogen and oxygen atoms in total. The molecule has 1 aliphatic heterocycles. The van der Waals surface area contributed by atoms with Gasteiger partial charge in [0, 0.05) is 41.9 Å². The molecule has 5 rings (SSSR count). The molecule has 0 radical (unpaired) electrons. The summed E-state index contributed by atoms with van der Waals surface area (Å²) in [4.78, 5) is 19.6. The third-order valence-corrected chi connectivity index (χ3v) is 7.86. The van der Waals surface area contributed by atoms with Gasteiger partial charge in [-0.1, -0.05) is 18.2 Å². The van der Waals surface area contributed by atoms with Gasteiger partial charge < -0.3 is 20.1 Å². The third kappa shape index (κ3) is 5.29. The lowest BCUT2D eigenvalue weighted by Gasteiger charge is -2.28. The minimum atomic E-state index is -0.344. The molecule has 0 bridgehead atoms. The second-order valence-electron chi connectivity index (χ2n) is 10.0. The fourth-order valence-corrected chi connectivity index (χ4v) is 5.73. The molecule has 39 heavy (non-hydrogen) atoms. The fourth-order valence-electron chi connectivity index (χ4n) is 5.40. The summed E-state index contributed by atoms with van der Waals surface area (Å²) in [6.45, 7) is 8.96. The van der Waals surface area contributed by atoms with E-state index in [0.29, 0.717) is 17.3 Å². The van der Waals surface area contributed by atoms with Gasteiger partial charge in [-0.2, -0.15) is 0 Å². The number of anilines is 1. The lowest BCUT2D eigenvalue weighted by molar-refractivity contribution is -0.116. The molecular weight excluding hydrogens is 509 g/mol. The van der Waals surface area contributed by atoms with E-state index in [1.807, 2.05) is 18.2 Å². The van der Waals surface area contributed by atoms with Crippen LogP contribution >= 0.6 is 12.2 Å². The summed E-state index contributed by atoms with van der Waals surface area (Å²) in [7, 11) is 0. The molecule has 8 heteroatoms. The normalized spacial score (nSPS) is 16.8. The Morgan fingerprint density at radius 2 is 1.82 bits per heavy atom. The van der Waals surface area contributed by atoms with Gasteiger partial charge in [0.05, 0.1) is 17.8 Å². The number of nitrogens with one attached hydrogen (secondary N) is 2. The van der Waals surface area contributed by atoms with Crippen molar-refractivity contribution in [2.24, 2.45) is 0 Å². The number of aryl methyl sites for hydroxylation is 2. The van der Waals surface area contributed by atoms with Crippen LogP contribution in [0.25, 0.3) is 5.69 Å². The topological polar surface area (TPSA) is 62.2 Å². The number of rotatable bonds is 7. The molecule has 2 atom stereocenters. The van der Waals surface area contributed by atoms with E-state index >= 15 is 0 Å². The van der Waals surface area contributed by atoms with Gasteiger partial charge in [-0.05, 0) is 105 Å². The Bertz CT molecular complexity index is 1520. The van der Waals surface area contributed by atoms with Crippen LogP contribution < -0.4 is 10.6 Å². The molecule has 200 valence electrons. The predicted molar refractivity (Wildman–Crippen MR) is 157 cm³/mol. The molecule has 4 aromatic rings. The summed E-state index contributed by atoms with van der Waals surface area (Å²) in [5, 5.41) is 6.91. The first-order valence-corrected chi connectivity index (χ1v) is 13.4. The second-order valence-corrected chi connectivity index (χ2v) is 10.4. The Morgan fingerprint density at radius 1 is 1.05 bits per heavy atom. The van der Waals surface area contributed by atoms with Gasteiger partial charge in [-0.15, -0.1) is 0 Å². The highest BCUT2D eigenvalue weighted by Gasteiger charge is 2.41. The molecule has 2 N–H and O–H groups in total. The summed E-state index contributed by atoms with van der Waals surface area (Å²) < 4.78 is 15.6. The Balaban J connectivity index is 1.48. The molecule has 0 unspecified atom stereocenters. The van der Waals surface area contributed by atoms with Crippen LogP contribution in [0.2, 0.25) is 0 Å². The number of halogens is 1. The molecule has 3 heterocycles. The quantitative estimate of drug-likeness (QED) is 0.271. The monoisotopic (exact) mass is 541 g/mol. The molecule has 0 spiro atoms. The molecule has 0 aliphatic carbocycles. The number of thiocarbonyl (C=S) groups is 1. The van der Waals surface area contributed by atoms with Crippen molar-refractivity contribution in [3.05, 3.63) is 113 Å². The molecule has 2 aromatic carbocycles. The highest BCUT2D eigenvalue weighted by atomic mass is 32.1. The van der Waals surface area contributed by atoms with Gasteiger partial charge in [0.2, 0.25) is 5.91 Å². The summed E-state index contributed by atoms with van der Waals surface area (Å²) in [6, 6.07) is 19.9. The molecule has 1 aliphatic rings. The van der Waals surface area contributed by atoms with Crippen LogP contribution in [-0.2, 0) is 4.79 Å². The summed E-state index contributed by atoms with van der Waals surface area (Å²) >= 11 is 5.81. The minimum absolute atomic E-state index is 0.156. The number of carbonyl (C=O) groups is 1.